The monoisotopic (exact) mass is 312 g/mol. The second kappa shape index (κ2) is 16.5. The Kier molecular flexibility index (Phi) is 15.8. The lowest BCUT2D eigenvalue weighted by Crippen LogP contribution is -2.24. The number of hydrogen-bond donors (Lipinski definition) is 2. The highest BCUT2D eigenvalue weighted by molar-refractivity contribution is 5.78. The Bertz CT molecular complexity index is 280. The number of amides is 1. The van der Waals surface area contributed by atoms with E-state index < -0.39 is 0 Å². The van der Waals surface area contributed by atoms with E-state index in [0.29, 0.717) is 12.2 Å². The van der Waals surface area contributed by atoms with Crippen LogP contribution in [0.2, 0.25) is 0 Å². The molecule has 0 saturated carbocycles. The zero-order valence-corrected chi connectivity index (χ0v) is 14.7. The molecule has 2 N–H and O–H groups in total. The van der Waals surface area contributed by atoms with Crippen LogP contribution in [-0.2, 0) is 9.59 Å². The molecule has 0 radical (unpaired) electrons. The average Bonchev–Trinajstić information content (AvgIpc) is 2.50. The molecular weight excluding hydrogens is 276 g/mol. The van der Waals surface area contributed by atoms with E-state index in [4.69, 9.17) is 0 Å². The quantitative estimate of drug-likeness (QED) is 0.428. The smallest absolute Gasteiger partial charge is 0.219 e. The molecule has 0 atom stereocenters. The minimum atomic E-state index is 0.175. The van der Waals surface area contributed by atoms with Crippen molar-refractivity contribution in [3.63, 3.8) is 0 Å². The molecule has 0 saturated heterocycles. The Morgan fingerprint density at radius 3 is 2.09 bits per heavy atom. The van der Waals surface area contributed by atoms with Crippen molar-refractivity contribution in [3.8, 4) is 0 Å². The van der Waals surface area contributed by atoms with Crippen molar-refractivity contribution in [2.75, 3.05) is 19.6 Å². The number of carbonyl (C=O) groups is 2. The summed E-state index contributed by atoms with van der Waals surface area (Å²) >= 11 is 0. The highest BCUT2D eigenvalue weighted by atomic mass is 16.1. The lowest BCUT2D eigenvalue weighted by molar-refractivity contribution is -0.121. The molecule has 0 aromatic rings. The molecule has 130 valence electrons. The molecule has 0 fully saturated rings. The summed E-state index contributed by atoms with van der Waals surface area (Å²) in [5.41, 5.74) is 0. The predicted octanol–water partition coefficient (Wildman–Crippen LogP) is 3.59. The lowest BCUT2D eigenvalue weighted by Gasteiger charge is -2.06. The summed E-state index contributed by atoms with van der Waals surface area (Å²) in [6.07, 6.45) is 10.4. The van der Waals surface area contributed by atoms with Gasteiger partial charge in [-0.1, -0.05) is 26.7 Å². The van der Waals surface area contributed by atoms with Crippen molar-refractivity contribution in [1.29, 1.82) is 0 Å². The zero-order valence-electron chi connectivity index (χ0n) is 14.7. The van der Waals surface area contributed by atoms with Gasteiger partial charge >= 0.3 is 0 Å². The maximum atomic E-state index is 11.6. The van der Waals surface area contributed by atoms with Crippen LogP contribution in [0.1, 0.15) is 84.5 Å². The third-order valence-electron chi connectivity index (χ3n) is 3.67. The Morgan fingerprint density at radius 1 is 0.682 bits per heavy atom. The first-order chi connectivity index (χ1) is 10.7. The van der Waals surface area contributed by atoms with Gasteiger partial charge in [0, 0.05) is 25.8 Å². The minimum Gasteiger partial charge on any atom is -0.356 e. The van der Waals surface area contributed by atoms with Gasteiger partial charge in [0.25, 0.3) is 0 Å². The first kappa shape index (κ1) is 21.1. The second-order valence-corrected chi connectivity index (χ2v) is 6.01. The van der Waals surface area contributed by atoms with E-state index in [9.17, 15) is 9.59 Å². The van der Waals surface area contributed by atoms with E-state index in [2.05, 4.69) is 17.6 Å². The Hall–Kier alpha value is -0.900. The van der Waals surface area contributed by atoms with Crippen molar-refractivity contribution < 1.29 is 9.59 Å². The molecule has 0 bridgehead atoms. The van der Waals surface area contributed by atoms with E-state index in [-0.39, 0.29) is 5.91 Å². The van der Waals surface area contributed by atoms with Gasteiger partial charge in [-0.15, -0.1) is 0 Å². The molecule has 0 aliphatic rings. The molecule has 4 nitrogen and oxygen atoms in total. The highest BCUT2D eigenvalue weighted by Crippen LogP contribution is 2.05. The van der Waals surface area contributed by atoms with Crippen LogP contribution in [0.5, 0.6) is 0 Å². The molecule has 0 aliphatic carbocycles. The first-order valence-corrected chi connectivity index (χ1v) is 9.19. The first-order valence-electron chi connectivity index (χ1n) is 9.19. The molecule has 0 aliphatic heterocycles. The van der Waals surface area contributed by atoms with Crippen molar-refractivity contribution in [3.05, 3.63) is 0 Å². The van der Waals surface area contributed by atoms with E-state index in [1.165, 1.54) is 0 Å². The van der Waals surface area contributed by atoms with Crippen molar-refractivity contribution in [2.45, 2.75) is 84.5 Å². The maximum absolute atomic E-state index is 11.6. The van der Waals surface area contributed by atoms with Gasteiger partial charge in [0.15, 0.2) is 0 Å². The van der Waals surface area contributed by atoms with E-state index in [1.807, 2.05) is 6.92 Å². The number of hydrogen-bond acceptors (Lipinski definition) is 3. The molecule has 22 heavy (non-hydrogen) atoms. The van der Waals surface area contributed by atoms with Crippen LogP contribution in [-0.4, -0.2) is 31.3 Å². The molecule has 0 aromatic heterocycles. The number of nitrogens with one attached hydrogen (secondary N) is 2. The van der Waals surface area contributed by atoms with Crippen molar-refractivity contribution in [1.82, 2.24) is 10.6 Å². The van der Waals surface area contributed by atoms with Gasteiger partial charge in [0.1, 0.15) is 5.78 Å². The van der Waals surface area contributed by atoms with Crippen molar-refractivity contribution >= 4 is 11.7 Å². The molecule has 0 rings (SSSR count). The second-order valence-electron chi connectivity index (χ2n) is 6.01. The predicted molar refractivity (Wildman–Crippen MR) is 93.0 cm³/mol. The molecule has 0 spiro atoms. The van der Waals surface area contributed by atoms with Gasteiger partial charge in [0.2, 0.25) is 5.91 Å². The summed E-state index contributed by atoms with van der Waals surface area (Å²) in [7, 11) is 0. The van der Waals surface area contributed by atoms with Gasteiger partial charge in [-0.25, -0.2) is 0 Å². The van der Waals surface area contributed by atoms with E-state index in [0.717, 1.165) is 83.8 Å². The fraction of sp³-hybridized carbons (Fsp3) is 0.889. The summed E-state index contributed by atoms with van der Waals surface area (Å²) < 4.78 is 0. The number of carbonyl (C=O) groups excluding carboxylic acids is 2. The van der Waals surface area contributed by atoms with Gasteiger partial charge in [-0.2, -0.15) is 0 Å². The van der Waals surface area contributed by atoms with Crippen LogP contribution in [0, 0.1) is 0 Å². The number of Topliss-reactive ketones (excluding diaryl/α,β-unsaturated/α-hetero) is 1. The van der Waals surface area contributed by atoms with Gasteiger partial charge < -0.3 is 10.6 Å². The van der Waals surface area contributed by atoms with Crippen molar-refractivity contribution in [2.24, 2.45) is 0 Å². The molecule has 0 heterocycles. The fourth-order valence-electron chi connectivity index (χ4n) is 2.36. The fourth-order valence-corrected chi connectivity index (χ4v) is 2.36. The summed E-state index contributed by atoms with van der Waals surface area (Å²) in [5.74, 6) is 0.567. The third-order valence-corrected chi connectivity index (χ3v) is 3.67. The number of unbranched alkanes of at least 4 members (excludes halogenated alkanes) is 4. The van der Waals surface area contributed by atoms with E-state index >= 15 is 0 Å². The zero-order chi connectivity index (χ0) is 16.5. The van der Waals surface area contributed by atoms with Crippen LogP contribution >= 0.6 is 0 Å². The Balaban J connectivity index is 3.23. The SMILES string of the molecule is CCCNCCCCC(=O)NCCCCCCC(=O)CCC. The molecule has 0 aromatic carbocycles. The Morgan fingerprint density at radius 2 is 1.36 bits per heavy atom. The summed E-state index contributed by atoms with van der Waals surface area (Å²) in [4.78, 5) is 22.9. The van der Waals surface area contributed by atoms with Crippen LogP contribution in [0.25, 0.3) is 0 Å². The largest absolute Gasteiger partial charge is 0.356 e. The highest BCUT2D eigenvalue weighted by Gasteiger charge is 2.01. The Labute approximate surface area is 136 Å². The summed E-state index contributed by atoms with van der Waals surface area (Å²) in [6, 6.07) is 0. The molecule has 1 amide bonds. The minimum absolute atomic E-state index is 0.175. The number of rotatable bonds is 16. The standard InChI is InChI=1S/C18H36N2O2/c1-3-11-17(21)12-7-5-6-9-16-20-18(22)13-8-10-15-19-14-4-2/h19H,3-16H2,1-2H3,(H,20,22). The summed E-state index contributed by atoms with van der Waals surface area (Å²) in [6.45, 7) is 7.05. The van der Waals surface area contributed by atoms with Gasteiger partial charge in [0.05, 0.1) is 0 Å². The van der Waals surface area contributed by atoms with Crippen LogP contribution in [0.15, 0.2) is 0 Å². The molecular formula is C18H36N2O2. The molecule has 0 unspecified atom stereocenters. The summed E-state index contributed by atoms with van der Waals surface area (Å²) in [5, 5.41) is 6.32. The lowest BCUT2D eigenvalue weighted by atomic mass is 10.1. The average molecular weight is 312 g/mol. The number of ketones is 1. The normalized spacial score (nSPS) is 10.6. The van der Waals surface area contributed by atoms with Crippen LogP contribution in [0.3, 0.4) is 0 Å². The third kappa shape index (κ3) is 15.5. The van der Waals surface area contributed by atoms with Crippen LogP contribution < -0.4 is 10.6 Å². The molecule has 4 heteroatoms. The topological polar surface area (TPSA) is 58.2 Å². The maximum Gasteiger partial charge on any atom is 0.219 e. The van der Waals surface area contributed by atoms with Gasteiger partial charge in [-0.05, 0) is 51.6 Å². The van der Waals surface area contributed by atoms with Gasteiger partial charge in [-0.3, -0.25) is 9.59 Å². The van der Waals surface area contributed by atoms with Crippen LogP contribution in [0.4, 0.5) is 0 Å². The van der Waals surface area contributed by atoms with E-state index in [1.54, 1.807) is 0 Å².